The van der Waals surface area contributed by atoms with Gasteiger partial charge in [-0.25, -0.2) is 0 Å². The second-order valence-electron chi connectivity index (χ2n) is 10.3. The molecule has 3 aromatic rings. The van der Waals surface area contributed by atoms with Crippen LogP contribution in [-0.4, -0.2) is 12.5 Å². The molecule has 1 heterocycles. The predicted molar refractivity (Wildman–Crippen MR) is 160 cm³/mol. The Morgan fingerprint density at radius 1 is 0.868 bits per heavy atom. The highest BCUT2D eigenvalue weighted by Crippen LogP contribution is 2.20. The van der Waals surface area contributed by atoms with E-state index < -0.39 is 0 Å². The van der Waals surface area contributed by atoms with E-state index in [2.05, 4.69) is 47.4 Å². The predicted octanol–water partition coefficient (Wildman–Crippen LogP) is 8.65. The van der Waals surface area contributed by atoms with E-state index in [0.29, 0.717) is 13.0 Å². The summed E-state index contributed by atoms with van der Waals surface area (Å²) in [4.78, 5) is 12.8. The maximum Gasteiger partial charge on any atom is 0.234 e. The Morgan fingerprint density at radius 3 is 2.24 bits per heavy atom. The van der Waals surface area contributed by atoms with Gasteiger partial charge < -0.3 is 10.1 Å². The number of anilines is 1. The Bertz CT molecular complexity index is 1080. The molecule has 0 radical (unpaired) electrons. The van der Waals surface area contributed by atoms with E-state index >= 15 is 0 Å². The Kier molecular flexibility index (Phi) is 14.0. The van der Waals surface area contributed by atoms with Crippen molar-refractivity contribution in [3.8, 4) is 5.75 Å². The third-order valence-corrected chi connectivity index (χ3v) is 7.86. The van der Waals surface area contributed by atoms with Gasteiger partial charge in [0.15, 0.2) is 12.7 Å². The quantitative estimate of drug-likeness (QED) is 0.123. The molecule has 4 nitrogen and oxygen atoms in total. The lowest BCUT2D eigenvalue weighted by Crippen LogP contribution is -2.34. The first-order chi connectivity index (χ1) is 18.7. The number of benzene rings is 2. The van der Waals surface area contributed by atoms with Crippen LogP contribution in [-0.2, 0) is 17.8 Å². The summed E-state index contributed by atoms with van der Waals surface area (Å²) in [7, 11) is 0. The van der Waals surface area contributed by atoms with Gasteiger partial charge >= 0.3 is 0 Å². The van der Waals surface area contributed by atoms with Crippen LogP contribution < -0.4 is 14.6 Å². The molecule has 0 fully saturated rings. The molecule has 1 N–H and O–H groups in total. The van der Waals surface area contributed by atoms with Crippen molar-refractivity contribution in [3.63, 3.8) is 0 Å². The van der Waals surface area contributed by atoms with Crippen LogP contribution in [0.2, 0.25) is 0 Å². The molecule has 0 saturated carbocycles. The molecule has 0 aliphatic carbocycles. The van der Waals surface area contributed by atoms with Gasteiger partial charge in [-0.2, -0.15) is 4.57 Å². The zero-order valence-corrected chi connectivity index (χ0v) is 24.4. The molecule has 38 heavy (non-hydrogen) atoms. The van der Waals surface area contributed by atoms with Crippen molar-refractivity contribution >= 4 is 22.9 Å². The number of hydrogen-bond acceptors (Lipinski definition) is 3. The number of hydrogen-bond donors (Lipinski definition) is 1. The molecule has 5 heteroatoms. The van der Waals surface area contributed by atoms with E-state index in [1.165, 1.54) is 81.2 Å². The van der Waals surface area contributed by atoms with Crippen molar-refractivity contribution in [3.05, 3.63) is 76.2 Å². The number of rotatable bonds is 19. The van der Waals surface area contributed by atoms with Crippen LogP contribution in [0.5, 0.6) is 5.75 Å². The minimum Gasteiger partial charge on any atom is -0.493 e. The molecule has 1 aromatic heterocycles. The standard InChI is InChI=1S/C33H46N2O2S/c1-3-4-5-6-7-8-9-10-11-12-13-16-23-37-32-21-15-14-19-30(32)26-33(36)34-31-20-17-18-29(25-31)27-35-22-24-38-28(35)2/h14-15,17-22,24-25H,3-13,16,23,26-27H2,1-2H3/p+1. The van der Waals surface area contributed by atoms with E-state index in [1.807, 2.05) is 36.4 Å². The Labute approximate surface area is 234 Å². The maximum absolute atomic E-state index is 12.8. The Morgan fingerprint density at radius 2 is 1.55 bits per heavy atom. The molecule has 0 aliphatic heterocycles. The van der Waals surface area contributed by atoms with Crippen molar-refractivity contribution in [2.75, 3.05) is 11.9 Å². The third kappa shape index (κ3) is 11.4. The second kappa shape index (κ2) is 17.8. The van der Waals surface area contributed by atoms with Crippen LogP contribution in [0.25, 0.3) is 0 Å². The van der Waals surface area contributed by atoms with Crippen molar-refractivity contribution < 1.29 is 14.1 Å². The summed E-state index contributed by atoms with van der Waals surface area (Å²) in [6, 6.07) is 16.0. The van der Waals surface area contributed by atoms with Gasteiger partial charge in [-0.3, -0.25) is 4.79 Å². The van der Waals surface area contributed by atoms with Gasteiger partial charge in [-0.1, -0.05) is 119 Å². The van der Waals surface area contributed by atoms with Crippen LogP contribution >= 0.6 is 11.3 Å². The highest BCUT2D eigenvalue weighted by atomic mass is 32.1. The summed E-state index contributed by atoms with van der Waals surface area (Å²) in [6.45, 7) is 5.90. The number of ether oxygens (including phenoxy) is 1. The average molecular weight is 536 g/mol. The zero-order chi connectivity index (χ0) is 26.8. The van der Waals surface area contributed by atoms with Gasteiger partial charge in [0.05, 0.1) is 18.4 Å². The number of aromatic nitrogens is 1. The first-order valence-corrected chi connectivity index (χ1v) is 15.6. The number of carbonyl (C=O) groups is 1. The number of para-hydroxylation sites is 1. The van der Waals surface area contributed by atoms with Gasteiger partial charge in [0.25, 0.3) is 0 Å². The van der Waals surface area contributed by atoms with Crippen LogP contribution in [0.1, 0.15) is 100 Å². The molecule has 0 spiro atoms. The zero-order valence-electron chi connectivity index (χ0n) is 23.6. The summed E-state index contributed by atoms with van der Waals surface area (Å²) >= 11 is 1.74. The monoisotopic (exact) mass is 535 g/mol. The molecule has 0 atom stereocenters. The number of carbonyl (C=O) groups excluding carboxylic acids is 1. The molecule has 0 unspecified atom stereocenters. The lowest BCUT2D eigenvalue weighted by molar-refractivity contribution is -0.689. The largest absolute Gasteiger partial charge is 0.493 e. The summed E-state index contributed by atoms with van der Waals surface area (Å²) in [6.07, 6.45) is 18.4. The molecule has 1 amide bonds. The van der Waals surface area contributed by atoms with Crippen LogP contribution in [0.15, 0.2) is 60.1 Å². The Hall–Kier alpha value is -2.66. The lowest BCUT2D eigenvalue weighted by Gasteiger charge is -2.12. The summed E-state index contributed by atoms with van der Waals surface area (Å²) < 4.78 is 8.31. The average Bonchev–Trinajstić information content (AvgIpc) is 3.31. The highest BCUT2D eigenvalue weighted by Gasteiger charge is 2.12. The topological polar surface area (TPSA) is 42.2 Å². The number of nitrogens with one attached hydrogen (secondary N) is 1. The molecule has 0 aliphatic rings. The highest BCUT2D eigenvalue weighted by molar-refractivity contribution is 7.09. The van der Waals surface area contributed by atoms with Crippen molar-refractivity contribution in [1.29, 1.82) is 0 Å². The van der Waals surface area contributed by atoms with Crippen molar-refractivity contribution in [1.82, 2.24) is 0 Å². The van der Waals surface area contributed by atoms with Crippen molar-refractivity contribution in [2.24, 2.45) is 0 Å². The first-order valence-electron chi connectivity index (χ1n) is 14.7. The van der Waals surface area contributed by atoms with Crippen LogP contribution in [0, 0.1) is 6.92 Å². The van der Waals surface area contributed by atoms with E-state index in [-0.39, 0.29) is 5.91 Å². The molecule has 3 rings (SSSR count). The van der Waals surface area contributed by atoms with Gasteiger partial charge in [0.1, 0.15) is 5.75 Å². The van der Waals surface area contributed by atoms with Gasteiger partial charge in [0, 0.05) is 23.7 Å². The number of unbranched alkanes of at least 4 members (excludes halogenated alkanes) is 11. The molecular weight excluding hydrogens is 488 g/mol. The van der Waals surface area contributed by atoms with Gasteiger partial charge in [-0.05, 0) is 24.6 Å². The van der Waals surface area contributed by atoms with Crippen LogP contribution in [0.4, 0.5) is 5.69 Å². The minimum atomic E-state index is -0.0251. The normalized spacial score (nSPS) is 11.0. The van der Waals surface area contributed by atoms with Crippen molar-refractivity contribution in [2.45, 2.75) is 104 Å². The number of amides is 1. The molecule has 0 bridgehead atoms. The lowest BCUT2D eigenvalue weighted by atomic mass is 10.1. The molecule has 0 saturated heterocycles. The van der Waals surface area contributed by atoms with Gasteiger partial charge in [-0.15, -0.1) is 0 Å². The SMILES string of the molecule is CCCCCCCCCCCCCCOc1ccccc1CC(=O)Nc1cccc(C[n+]2ccsc2C)c1. The maximum atomic E-state index is 12.8. The smallest absolute Gasteiger partial charge is 0.234 e. The number of nitrogens with zero attached hydrogens (tertiary/aromatic N) is 1. The molecule has 2 aromatic carbocycles. The Balaban J connectivity index is 1.33. The summed E-state index contributed by atoms with van der Waals surface area (Å²) in [5.41, 5.74) is 2.93. The fraction of sp³-hybridized carbons (Fsp3) is 0.515. The summed E-state index contributed by atoms with van der Waals surface area (Å²) in [5, 5.41) is 6.43. The van der Waals surface area contributed by atoms with E-state index in [0.717, 1.165) is 30.0 Å². The van der Waals surface area contributed by atoms with E-state index in [4.69, 9.17) is 4.74 Å². The van der Waals surface area contributed by atoms with E-state index in [9.17, 15) is 4.79 Å². The summed E-state index contributed by atoms with van der Waals surface area (Å²) in [5.74, 6) is 0.798. The fourth-order valence-corrected chi connectivity index (χ4v) is 5.44. The number of thiazole rings is 1. The van der Waals surface area contributed by atoms with E-state index in [1.54, 1.807) is 11.3 Å². The minimum absolute atomic E-state index is 0.0251. The second-order valence-corrected chi connectivity index (χ2v) is 11.4. The molecule has 206 valence electrons. The first kappa shape index (κ1) is 29.9. The molecular formula is C33H47N2O2S+. The van der Waals surface area contributed by atoms with Gasteiger partial charge in [0.2, 0.25) is 10.9 Å². The third-order valence-electron chi connectivity index (χ3n) is 7.03. The number of aryl methyl sites for hydroxylation is 1. The van der Waals surface area contributed by atoms with Crippen LogP contribution in [0.3, 0.4) is 0 Å². The fourth-order valence-electron chi connectivity index (χ4n) is 4.78.